The van der Waals surface area contributed by atoms with E-state index in [1.807, 2.05) is 0 Å². The van der Waals surface area contributed by atoms with Crippen molar-refractivity contribution in [2.45, 2.75) is 63.4 Å². The van der Waals surface area contributed by atoms with Crippen LogP contribution in [-0.2, 0) is 10.0 Å². The van der Waals surface area contributed by atoms with Gasteiger partial charge in [-0.25, -0.2) is 8.42 Å². The normalized spacial score (nSPS) is 22.3. The molecule has 0 aromatic carbocycles. The smallest absolute Gasteiger partial charge is 0.356 e. The molecule has 27 heavy (non-hydrogen) atoms. The van der Waals surface area contributed by atoms with E-state index in [1.165, 1.54) is 25.7 Å². The van der Waals surface area contributed by atoms with Gasteiger partial charge in [0, 0.05) is 32.7 Å². The number of piperidine rings is 1. The lowest BCUT2D eigenvalue weighted by atomic mass is 9.83. The first-order valence-electron chi connectivity index (χ1n) is 9.17. The molecule has 2 aliphatic rings. The zero-order valence-electron chi connectivity index (χ0n) is 15.8. The minimum absolute atomic E-state index is 0. The van der Waals surface area contributed by atoms with Crippen LogP contribution in [0.4, 0.5) is 13.2 Å². The number of halogens is 4. The van der Waals surface area contributed by atoms with Gasteiger partial charge >= 0.3 is 15.5 Å². The monoisotopic (exact) mass is 526 g/mol. The third-order valence-electron chi connectivity index (χ3n) is 5.70. The Bertz CT molecular complexity index is 599. The van der Waals surface area contributed by atoms with E-state index in [1.54, 1.807) is 7.05 Å². The molecule has 2 rings (SSSR count). The first-order chi connectivity index (χ1) is 12.1. The maximum Gasteiger partial charge on any atom is 0.511 e. The van der Waals surface area contributed by atoms with Gasteiger partial charge in [0.1, 0.15) is 0 Å². The summed E-state index contributed by atoms with van der Waals surface area (Å²) in [5.41, 5.74) is -4.94. The number of alkyl halides is 3. The van der Waals surface area contributed by atoms with Crippen LogP contribution in [0.15, 0.2) is 4.99 Å². The molecule has 1 heterocycles. The molecule has 0 atom stereocenters. The van der Waals surface area contributed by atoms with Crippen molar-refractivity contribution in [2.24, 2.45) is 10.4 Å². The van der Waals surface area contributed by atoms with Crippen molar-refractivity contribution < 1.29 is 21.6 Å². The van der Waals surface area contributed by atoms with Crippen molar-refractivity contribution >= 4 is 40.0 Å². The van der Waals surface area contributed by atoms with Crippen molar-refractivity contribution in [3.8, 4) is 0 Å². The Balaban J connectivity index is 0.00000364. The summed E-state index contributed by atoms with van der Waals surface area (Å²) in [6.07, 6.45) is 6.61. The molecule has 0 unspecified atom stereocenters. The lowest BCUT2D eigenvalue weighted by Crippen LogP contribution is -2.52. The summed E-state index contributed by atoms with van der Waals surface area (Å²) in [4.78, 5) is 4.20. The van der Waals surface area contributed by atoms with E-state index in [9.17, 15) is 21.6 Å². The summed E-state index contributed by atoms with van der Waals surface area (Å²) >= 11 is 0. The minimum atomic E-state index is -5.24. The quantitative estimate of drug-likeness (QED) is 0.328. The molecule has 1 aliphatic heterocycles. The van der Waals surface area contributed by atoms with Gasteiger partial charge in [-0.1, -0.05) is 19.8 Å². The molecule has 0 bridgehead atoms. The van der Waals surface area contributed by atoms with E-state index in [2.05, 4.69) is 22.5 Å². The fourth-order valence-electron chi connectivity index (χ4n) is 3.83. The van der Waals surface area contributed by atoms with Crippen LogP contribution < -0.4 is 10.6 Å². The van der Waals surface area contributed by atoms with Crippen LogP contribution in [0.1, 0.15) is 51.9 Å². The topological polar surface area (TPSA) is 73.8 Å². The molecule has 2 N–H and O–H groups in total. The standard InChI is InChI=1S/C16H29F3N4O2S.HI/c1-3-15(8-4-5-9-15)12-21-14(20-2)22-13-6-10-23(11-7-13)26(24,25)16(17,18)19;/h13H,3-12H2,1-2H3,(H2,20,21,22);1H. The number of guanidine groups is 1. The van der Waals surface area contributed by atoms with Crippen molar-refractivity contribution in [1.29, 1.82) is 0 Å². The highest BCUT2D eigenvalue weighted by molar-refractivity contribution is 14.0. The van der Waals surface area contributed by atoms with E-state index >= 15 is 0 Å². The van der Waals surface area contributed by atoms with Gasteiger partial charge in [0.25, 0.3) is 0 Å². The molecule has 0 radical (unpaired) electrons. The maximum atomic E-state index is 12.6. The lowest BCUT2D eigenvalue weighted by molar-refractivity contribution is -0.0494. The Labute approximate surface area is 176 Å². The number of aliphatic imine (C=N–C) groups is 1. The Morgan fingerprint density at radius 3 is 2.22 bits per heavy atom. The summed E-state index contributed by atoms with van der Waals surface area (Å²) in [7, 11) is -3.57. The van der Waals surface area contributed by atoms with Gasteiger partial charge in [-0.05, 0) is 37.5 Å². The SMILES string of the molecule is CCC1(CNC(=NC)NC2CCN(S(=O)(=O)C(F)(F)F)CC2)CCCC1.I. The number of hydrogen-bond donors (Lipinski definition) is 2. The predicted octanol–water partition coefficient (Wildman–Crippen LogP) is 3.05. The molecule has 11 heteroatoms. The molecule has 0 spiro atoms. The second-order valence-corrected chi connectivity index (χ2v) is 9.18. The van der Waals surface area contributed by atoms with Crippen molar-refractivity contribution in [1.82, 2.24) is 14.9 Å². The van der Waals surface area contributed by atoms with Gasteiger partial charge < -0.3 is 10.6 Å². The van der Waals surface area contributed by atoms with Crippen molar-refractivity contribution in [3.63, 3.8) is 0 Å². The van der Waals surface area contributed by atoms with E-state index in [4.69, 9.17) is 0 Å². The molecule has 160 valence electrons. The number of sulfonamides is 1. The minimum Gasteiger partial charge on any atom is -0.356 e. The molecule has 1 aliphatic carbocycles. The lowest BCUT2D eigenvalue weighted by Gasteiger charge is -2.33. The van der Waals surface area contributed by atoms with Crippen LogP contribution in [0.2, 0.25) is 0 Å². The summed E-state index contributed by atoms with van der Waals surface area (Å²) in [5.74, 6) is 0.627. The van der Waals surface area contributed by atoms with Gasteiger partial charge in [-0.2, -0.15) is 17.5 Å². The van der Waals surface area contributed by atoms with Gasteiger partial charge in [0.15, 0.2) is 5.96 Å². The number of hydrogen-bond acceptors (Lipinski definition) is 3. The molecular formula is C16H30F3IN4O2S. The summed E-state index contributed by atoms with van der Waals surface area (Å²) < 4.78 is 61.3. The van der Waals surface area contributed by atoms with E-state index in [0.29, 0.717) is 28.5 Å². The molecule has 2 fully saturated rings. The molecule has 1 saturated heterocycles. The number of nitrogens with zero attached hydrogens (tertiary/aromatic N) is 2. The first-order valence-corrected chi connectivity index (χ1v) is 10.6. The molecular weight excluding hydrogens is 496 g/mol. The first kappa shape index (κ1) is 24.7. The van der Waals surface area contributed by atoms with E-state index in [-0.39, 0.29) is 43.1 Å². The molecule has 0 amide bonds. The largest absolute Gasteiger partial charge is 0.511 e. The highest BCUT2D eigenvalue weighted by Crippen LogP contribution is 2.40. The van der Waals surface area contributed by atoms with Gasteiger partial charge in [0.05, 0.1) is 0 Å². The molecule has 0 aromatic rings. The number of nitrogens with one attached hydrogen (secondary N) is 2. The molecule has 1 saturated carbocycles. The predicted molar refractivity (Wildman–Crippen MR) is 111 cm³/mol. The zero-order valence-corrected chi connectivity index (χ0v) is 19.0. The van der Waals surface area contributed by atoms with Crippen LogP contribution in [0, 0.1) is 5.41 Å². The zero-order chi connectivity index (χ0) is 19.4. The highest BCUT2D eigenvalue weighted by atomic mass is 127. The Hall–Kier alpha value is -0.300. The summed E-state index contributed by atoms with van der Waals surface area (Å²) in [6.45, 7) is 2.73. The van der Waals surface area contributed by atoms with Crippen molar-refractivity contribution in [2.75, 3.05) is 26.7 Å². The highest BCUT2D eigenvalue weighted by Gasteiger charge is 2.50. The van der Waals surface area contributed by atoms with Crippen LogP contribution in [0.3, 0.4) is 0 Å². The second kappa shape index (κ2) is 9.95. The third-order valence-corrected chi connectivity index (χ3v) is 7.33. The number of rotatable bonds is 5. The third kappa shape index (κ3) is 6.09. The Morgan fingerprint density at radius 2 is 1.78 bits per heavy atom. The second-order valence-electron chi connectivity index (χ2n) is 7.25. The Morgan fingerprint density at radius 1 is 1.22 bits per heavy atom. The van der Waals surface area contributed by atoms with Crippen molar-refractivity contribution in [3.05, 3.63) is 0 Å². The van der Waals surface area contributed by atoms with Crippen LogP contribution in [-0.4, -0.2) is 56.9 Å². The van der Waals surface area contributed by atoms with Crippen LogP contribution in [0.25, 0.3) is 0 Å². The average molecular weight is 526 g/mol. The van der Waals surface area contributed by atoms with Crippen LogP contribution in [0.5, 0.6) is 0 Å². The average Bonchev–Trinajstić information content (AvgIpc) is 3.07. The molecule has 6 nitrogen and oxygen atoms in total. The van der Waals surface area contributed by atoms with Crippen LogP contribution >= 0.6 is 24.0 Å². The van der Waals surface area contributed by atoms with Gasteiger partial charge in [-0.15, -0.1) is 24.0 Å². The van der Waals surface area contributed by atoms with E-state index in [0.717, 1.165) is 13.0 Å². The fraction of sp³-hybridized carbons (Fsp3) is 0.938. The fourth-order valence-corrected chi connectivity index (χ4v) is 4.81. The van der Waals surface area contributed by atoms with Gasteiger partial charge in [-0.3, -0.25) is 4.99 Å². The molecule has 0 aromatic heterocycles. The van der Waals surface area contributed by atoms with E-state index < -0.39 is 15.5 Å². The summed E-state index contributed by atoms with van der Waals surface area (Å²) in [5, 5.41) is 6.56. The van der Waals surface area contributed by atoms with Gasteiger partial charge in [0.2, 0.25) is 0 Å². The summed E-state index contributed by atoms with van der Waals surface area (Å²) in [6, 6.07) is -0.0953. The maximum absolute atomic E-state index is 12.6. The Kier molecular flexibility index (Phi) is 9.11.